The molecule has 0 fully saturated rings. The van der Waals surface area contributed by atoms with Crippen molar-refractivity contribution in [1.82, 2.24) is 4.48 Å². The highest BCUT2D eigenvalue weighted by atomic mass is 19.1. The van der Waals surface area contributed by atoms with Crippen molar-refractivity contribution in [3.8, 4) is 0 Å². The van der Waals surface area contributed by atoms with Crippen LogP contribution < -0.4 is 4.48 Å². The monoisotopic (exact) mass is 166 g/mol. The molecule has 1 aliphatic heterocycles. The number of rotatable bonds is 0. The van der Waals surface area contributed by atoms with Crippen molar-refractivity contribution in [2.75, 3.05) is 20.6 Å². The second-order valence-electron chi connectivity index (χ2n) is 3.93. The minimum atomic E-state index is -0.115. The van der Waals surface area contributed by atoms with E-state index in [9.17, 15) is 4.39 Å². The summed E-state index contributed by atoms with van der Waals surface area (Å²) in [5.41, 5.74) is 2.43. The number of hydrogen-bond donors (Lipinski definition) is 0. The summed E-state index contributed by atoms with van der Waals surface area (Å²) in [5, 5.41) is 0. The van der Waals surface area contributed by atoms with Gasteiger partial charge in [0, 0.05) is 18.1 Å². The molecule has 1 heterocycles. The van der Waals surface area contributed by atoms with Crippen LogP contribution in [0.1, 0.15) is 5.56 Å². The molecule has 0 bridgehead atoms. The van der Waals surface area contributed by atoms with Crippen LogP contribution in [0.2, 0.25) is 0 Å². The van der Waals surface area contributed by atoms with E-state index in [1.165, 1.54) is 11.3 Å². The first kappa shape index (κ1) is 7.74. The molecule has 2 rings (SSSR count). The van der Waals surface area contributed by atoms with Crippen molar-refractivity contribution < 1.29 is 4.39 Å². The van der Waals surface area contributed by atoms with Crippen LogP contribution in [0.5, 0.6) is 0 Å². The quantitative estimate of drug-likeness (QED) is 0.517. The summed E-state index contributed by atoms with van der Waals surface area (Å²) in [4.78, 5) is 0. The lowest BCUT2D eigenvalue weighted by Crippen LogP contribution is -2.37. The van der Waals surface area contributed by atoms with Crippen LogP contribution in [0, 0.1) is 5.82 Å². The molecule has 1 aliphatic rings. The average Bonchev–Trinajstić information content (AvgIpc) is 2.27. The van der Waals surface area contributed by atoms with Crippen molar-refractivity contribution in [2.24, 2.45) is 0 Å². The minimum absolute atomic E-state index is 0.115. The minimum Gasteiger partial charge on any atom is -0.295 e. The smallest absolute Gasteiger partial charge is 0.136 e. The molecule has 2 heteroatoms. The molecule has 0 amide bonds. The maximum absolute atomic E-state index is 12.8. The van der Waals surface area contributed by atoms with Gasteiger partial charge in [-0.25, -0.2) is 4.39 Å². The highest BCUT2D eigenvalue weighted by Crippen LogP contribution is 2.31. The van der Waals surface area contributed by atoms with Gasteiger partial charge in [0.25, 0.3) is 0 Å². The molecule has 0 aromatic heterocycles. The van der Waals surface area contributed by atoms with E-state index in [0.717, 1.165) is 17.4 Å². The molecule has 1 nitrogen and oxygen atoms in total. The number of hydrogen-bond acceptors (Lipinski definition) is 0. The van der Waals surface area contributed by atoms with Gasteiger partial charge >= 0.3 is 0 Å². The molecular formula is C10H13FN+. The molecular weight excluding hydrogens is 153 g/mol. The molecule has 0 radical (unpaired) electrons. The van der Waals surface area contributed by atoms with Crippen molar-refractivity contribution in [3.63, 3.8) is 0 Å². The molecule has 0 saturated heterocycles. The molecule has 0 spiro atoms. The Bertz CT molecular complexity index is 318. The molecule has 1 aromatic rings. The largest absolute Gasteiger partial charge is 0.295 e. The summed E-state index contributed by atoms with van der Waals surface area (Å²) in [6, 6.07) is 5.10. The number of likely N-dealkylation sites (N-methyl/N-ethyl adjacent to an activating group) is 1. The lowest BCUT2D eigenvalue weighted by molar-refractivity contribution is 0.433. The Labute approximate surface area is 72.0 Å². The number of halogens is 1. The van der Waals surface area contributed by atoms with Gasteiger partial charge in [-0.3, -0.25) is 4.48 Å². The lowest BCUT2D eigenvalue weighted by Gasteiger charge is -2.23. The Hall–Kier alpha value is -0.890. The third-order valence-corrected chi connectivity index (χ3v) is 2.63. The Morgan fingerprint density at radius 3 is 2.83 bits per heavy atom. The van der Waals surface area contributed by atoms with Crippen molar-refractivity contribution in [3.05, 3.63) is 29.6 Å². The highest BCUT2D eigenvalue weighted by molar-refractivity contribution is 5.53. The van der Waals surface area contributed by atoms with Gasteiger partial charge in [0.05, 0.1) is 20.6 Å². The van der Waals surface area contributed by atoms with E-state index in [-0.39, 0.29) is 5.82 Å². The van der Waals surface area contributed by atoms with E-state index in [1.54, 1.807) is 12.1 Å². The summed E-state index contributed by atoms with van der Waals surface area (Å²) in [7, 11) is 4.31. The maximum Gasteiger partial charge on any atom is 0.136 e. The summed E-state index contributed by atoms with van der Waals surface area (Å²) < 4.78 is 13.7. The first-order chi connectivity index (χ1) is 5.59. The van der Waals surface area contributed by atoms with E-state index in [4.69, 9.17) is 0 Å². The summed E-state index contributed by atoms with van der Waals surface area (Å²) in [6.45, 7) is 1.08. The summed E-state index contributed by atoms with van der Waals surface area (Å²) in [6.07, 6.45) is 1.00. The molecule has 0 saturated carbocycles. The average molecular weight is 166 g/mol. The Morgan fingerprint density at radius 1 is 1.33 bits per heavy atom. The van der Waals surface area contributed by atoms with Gasteiger partial charge < -0.3 is 0 Å². The normalized spacial score (nSPS) is 19.2. The van der Waals surface area contributed by atoms with E-state index < -0.39 is 0 Å². The highest BCUT2D eigenvalue weighted by Gasteiger charge is 2.29. The van der Waals surface area contributed by atoms with Crippen molar-refractivity contribution in [2.45, 2.75) is 6.42 Å². The van der Waals surface area contributed by atoms with E-state index in [0.29, 0.717) is 0 Å². The fourth-order valence-electron chi connectivity index (χ4n) is 1.87. The number of quaternary nitrogens is 1. The van der Waals surface area contributed by atoms with Gasteiger partial charge in [0.1, 0.15) is 11.5 Å². The molecule has 0 unspecified atom stereocenters. The van der Waals surface area contributed by atoms with Crippen LogP contribution in [0.25, 0.3) is 0 Å². The fraction of sp³-hybridized carbons (Fsp3) is 0.400. The topological polar surface area (TPSA) is 0 Å². The van der Waals surface area contributed by atoms with E-state index in [2.05, 4.69) is 14.1 Å². The van der Waals surface area contributed by atoms with Gasteiger partial charge in [-0.15, -0.1) is 0 Å². The third kappa shape index (κ3) is 1.03. The predicted octanol–water partition coefficient (Wildman–Crippen LogP) is 1.95. The van der Waals surface area contributed by atoms with Crippen molar-refractivity contribution >= 4 is 5.69 Å². The van der Waals surface area contributed by atoms with E-state index >= 15 is 0 Å². The van der Waals surface area contributed by atoms with E-state index in [1.807, 2.05) is 6.07 Å². The van der Waals surface area contributed by atoms with Crippen LogP contribution in [0.3, 0.4) is 0 Å². The molecule has 12 heavy (non-hydrogen) atoms. The fourth-order valence-corrected chi connectivity index (χ4v) is 1.87. The Kier molecular flexibility index (Phi) is 1.48. The Morgan fingerprint density at radius 2 is 2.08 bits per heavy atom. The van der Waals surface area contributed by atoms with Crippen molar-refractivity contribution in [1.29, 1.82) is 0 Å². The third-order valence-electron chi connectivity index (χ3n) is 2.63. The van der Waals surface area contributed by atoms with Gasteiger partial charge in [0.15, 0.2) is 0 Å². The van der Waals surface area contributed by atoms with Crippen LogP contribution in [0.4, 0.5) is 10.1 Å². The Balaban J connectivity index is 2.55. The maximum atomic E-state index is 12.8. The molecule has 0 aliphatic carbocycles. The van der Waals surface area contributed by atoms with Crippen LogP contribution >= 0.6 is 0 Å². The van der Waals surface area contributed by atoms with Gasteiger partial charge in [-0.05, 0) is 12.1 Å². The zero-order valence-electron chi connectivity index (χ0n) is 7.47. The van der Waals surface area contributed by atoms with Gasteiger partial charge in [-0.1, -0.05) is 0 Å². The van der Waals surface area contributed by atoms with Gasteiger partial charge in [-0.2, -0.15) is 0 Å². The standard InChI is InChI=1S/C10H13FN/c1-12(2)6-5-8-7-9(11)3-4-10(8)12/h3-4,7H,5-6H2,1-2H3/q+1. The van der Waals surface area contributed by atoms with Crippen LogP contribution in [0.15, 0.2) is 18.2 Å². The van der Waals surface area contributed by atoms with Crippen LogP contribution in [-0.2, 0) is 6.42 Å². The van der Waals surface area contributed by atoms with Gasteiger partial charge in [0.2, 0.25) is 0 Å². The zero-order valence-corrected chi connectivity index (χ0v) is 7.47. The van der Waals surface area contributed by atoms with Crippen LogP contribution in [-0.4, -0.2) is 20.6 Å². The number of nitrogens with zero attached hydrogens (tertiary/aromatic N) is 1. The second kappa shape index (κ2) is 2.30. The summed E-state index contributed by atoms with van der Waals surface area (Å²) in [5.74, 6) is -0.115. The SMILES string of the molecule is C[N+]1(C)CCc2cc(F)ccc21. The number of benzene rings is 1. The number of fused-ring (bicyclic) bond motifs is 1. The molecule has 0 atom stereocenters. The lowest BCUT2D eigenvalue weighted by atomic mass is 10.1. The molecule has 64 valence electrons. The first-order valence-electron chi connectivity index (χ1n) is 4.21. The second-order valence-corrected chi connectivity index (χ2v) is 3.93. The predicted molar refractivity (Wildman–Crippen MR) is 48.6 cm³/mol. The summed E-state index contributed by atoms with van der Waals surface area (Å²) >= 11 is 0. The molecule has 1 aromatic carbocycles. The zero-order chi connectivity index (χ0) is 8.77. The first-order valence-corrected chi connectivity index (χ1v) is 4.21. The molecule has 0 N–H and O–H groups in total.